The van der Waals surface area contributed by atoms with Crippen LogP contribution in [0.15, 0.2) is 36.5 Å². The summed E-state index contributed by atoms with van der Waals surface area (Å²) in [4.78, 5) is 22.3. The molecule has 0 aliphatic carbocycles. The van der Waals surface area contributed by atoms with Gasteiger partial charge in [0, 0.05) is 32.1 Å². The van der Waals surface area contributed by atoms with Crippen molar-refractivity contribution < 1.29 is 23.0 Å². The van der Waals surface area contributed by atoms with E-state index in [1.165, 1.54) is 24.3 Å². The van der Waals surface area contributed by atoms with Crippen LogP contribution in [-0.2, 0) is 16.1 Å². The second-order valence-corrected chi connectivity index (χ2v) is 6.26. The Bertz CT molecular complexity index is 778. The summed E-state index contributed by atoms with van der Waals surface area (Å²) in [5.41, 5.74) is -1.30. The van der Waals surface area contributed by atoms with Crippen molar-refractivity contribution in [2.45, 2.75) is 32.0 Å². The molecule has 144 valence electrons. The van der Waals surface area contributed by atoms with Gasteiger partial charge in [-0.2, -0.15) is 0 Å². The van der Waals surface area contributed by atoms with Crippen molar-refractivity contribution in [1.82, 2.24) is 9.97 Å². The number of carbonyl (C=O) groups excluding carboxylic acids is 1. The smallest absolute Gasteiger partial charge is 0.344 e. The van der Waals surface area contributed by atoms with Gasteiger partial charge in [0.05, 0.1) is 12.3 Å². The average molecular weight is 377 g/mol. The third-order valence-electron chi connectivity index (χ3n) is 4.38. The van der Waals surface area contributed by atoms with Gasteiger partial charge in [-0.15, -0.1) is 0 Å². The molecule has 2 heterocycles. The van der Waals surface area contributed by atoms with Crippen LogP contribution in [0.1, 0.15) is 25.5 Å². The largest absolute Gasteiger partial charge is 0.487 e. The first-order valence-electron chi connectivity index (χ1n) is 8.81. The van der Waals surface area contributed by atoms with Gasteiger partial charge in [-0.05, 0) is 37.3 Å². The minimum absolute atomic E-state index is 0.0332. The monoisotopic (exact) mass is 377 g/mol. The van der Waals surface area contributed by atoms with Crippen molar-refractivity contribution in [3.8, 4) is 5.75 Å². The van der Waals surface area contributed by atoms with Gasteiger partial charge in [-0.3, -0.25) is 0 Å². The molecule has 0 saturated carbocycles. The summed E-state index contributed by atoms with van der Waals surface area (Å²) in [6.45, 7) is 2.65. The van der Waals surface area contributed by atoms with E-state index in [2.05, 4.69) is 9.97 Å². The quantitative estimate of drug-likeness (QED) is 0.721. The molecule has 0 unspecified atom stereocenters. The van der Waals surface area contributed by atoms with Crippen LogP contribution < -0.4 is 9.64 Å². The number of hydrogen-bond acceptors (Lipinski definition) is 6. The standard InChI is InChI=1S/C19H21F2N3O3/c1-2-26-17(25)19(21)8-11-24(12-9-19)18-22-10-7-15(23-18)13-27-16-5-3-14(20)4-6-16/h3-7,10H,2,8-9,11-13H2,1H3. The zero-order valence-electron chi connectivity index (χ0n) is 15.0. The first kappa shape index (κ1) is 19.0. The van der Waals surface area contributed by atoms with E-state index in [-0.39, 0.29) is 31.9 Å². The summed E-state index contributed by atoms with van der Waals surface area (Å²) in [7, 11) is 0. The molecule has 0 amide bonds. The van der Waals surface area contributed by atoms with Crippen LogP contribution in [0.25, 0.3) is 0 Å². The fourth-order valence-corrected chi connectivity index (χ4v) is 2.83. The lowest BCUT2D eigenvalue weighted by Crippen LogP contribution is -2.47. The summed E-state index contributed by atoms with van der Waals surface area (Å²) in [5, 5.41) is 0. The molecule has 0 radical (unpaired) electrons. The van der Waals surface area contributed by atoms with Gasteiger partial charge in [0.15, 0.2) is 0 Å². The second kappa shape index (κ2) is 8.28. The molecule has 1 aromatic heterocycles. The first-order valence-corrected chi connectivity index (χ1v) is 8.81. The number of piperidine rings is 1. The Balaban J connectivity index is 1.59. The number of alkyl halides is 1. The van der Waals surface area contributed by atoms with Gasteiger partial charge in [-0.25, -0.2) is 23.5 Å². The van der Waals surface area contributed by atoms with Crippen LogP contribution in [-0.4, -0.2) is 41.3 Å². The predicted molar refractivity (Wildman–Crippen MR) is 94.7 cm³/mol. The molecule has 1 fully saturated rings. The maximum Gasteiger partial charge on any atom is 0.344 e. The van der Waals surface area contributed by atoms with Crippen molar-refractivity contribution in [1.29, 1.82) is 0 Å². The number of benzene rings is 1. The molecule has 6 nitrogen and oxygen atoms in total. The highest BCUT2D eigenvalue weighted by Gasteiger charge is 2.43. The van der Waals surface area contributed by atoms with Crippen molar-refractivity contribution in [3.05, 3.63) is 48.0 Å². The lowest BCUT2D eigenvalue weighted by atomic mass is 9.93. The molecule has 1 saturated heterocycles. The van der Waals surface area contributed by atoms with Crippen LogP contribution in [0, 0.1) is 5.82 Å². The van der Waals surface area contributed by atoms with Gasteiger partial charge in [0.2, 0.25) is 11.6 Å². The molecule has 27 heavy (non-hydrogen) atoms. The Morgan fingerprint density at radius 2 is 1.93 bits per heavy atom. The van der Waals surface area contributed by atoms with E-state index in [0.29, 0.717) is 30.5 Å². The van der Waals surface area contributed by atoms with E-state index in [1.807, 2.05) is 4.90 Å². The zero-order valence-corrected chi connectivity index (χ0v) is 15.0. The third-order valence-corrected chi connectivity index (χ3v) is 4.38. The van der Waals surface area contributed by atoms with Crippen LogP contribution in [0.4, 0.5) is 14.7 Å². The summed E-state index contributed by atoms with van der Waals surface area (Å²) in [6, 6.07) is 7.44. The van der Waals surface area contributed by atoms with E-state index in [0.717, 1.165) is 0 Å². The molecule has 1 aliphatic heterocycles. The first-order chi connectivity index (χ1) is 13.0. The number of esters is 1. The van der Waals surface area contributed by atoms with Crippen LogP contribution in [0.3, 0.4) is 0 Å². The normalized spacial score (nSPS) is 16.0. The number of anilines is 1. The van der Waals surface area contributed by atoms with Gasteiger partial charge in [0.25, 0.3) is 0 Å². The van der Waals surface area contributed by atoms with Crippen molar-refractivity contribution in [2.75, 3.05) is 24.6 Å². The molecular formula is C19H21F2N3O3. The SMILES string of the molecule is CCOC(=O)C1(F)CCN(c2nccc(COc3ccc(F)cc3)n2)CC1. The Hall–Kier alpha value is -2.77. The van der Waals surface area contributed by atoms with Crippen LogP contribution >= 0.6 is 0 Å². The van der Waals surface area contributed by atoms with Gasteiger partial charge in [0.1, 0.15) is 18.2 Å². The summed E-state index contributed by atoms with van der Waals surface area (Å²) < 4.78 is 38.0. The molecule has 1 aliphatic rings. The summed E-state index contributed by atoms with van der Waals surface area (Å²) >= 11 is 0. The number of hydrogen-bond donors (Lipinski definition) is 0. The van der Waals surface area contributed by atoms with E-state index in [1.54, 1.807) is 19.2 Å². The molecule has 0 spiro atoms. The molecule has 8 heteroatoms. The predicted octanol–water partition coefficient (Wildman–Crippen LogP) is 3.07. The highest BCUT2D eigenvalue weighted by Crippen LogP contribution is 2.29. The number of carbonyl (C=O) groups is 1. The third kappa shape index (κ3) is 4.69. The van der Waals surface area contributed by atoms with E-state index in [9.17, 15) is 13.6 Å². The van der Waals surface area contributed by atoms with Crippen molar-refractivity contribution in [2.24, 2.45) is 0 Å². The van der Waals surface area contributed by atoms with Crippen LogP contribution in [0.5, 0.6) is 5.75 Å². The zero-order chi connectivity index (χ0) is 19.3. The Labute approximate surface area is 156 Å². The average Bonchev–Trinajstić information content (AvgIpc) is 2.68. The number of rotatable bonds is 6. The van der Waals surface area contributed by atoms with E-state index < -0.39 is 11.6 Å². The summed E-state index contributed by atoms with van der Waals surface area (Å²) in [5.74, 6) is -0.136. The number of nitrogens with zero attached hydrogens (tertiary/aromatic N) is 3. The minimum atomic E-state index is -1.95. The highest BCUT2D eigenvalue weighted by atomic mass is 19.1. The molecule has 2 aromatic rings. The van der Waals surface area contributed by atoms with E-state index >= 15 is 0 Å². The van der Waals surface area contributed by atoms with E-state index in [4.69, 9.17) is 9.47 Å². The summed E-state index contributed by atoms with van der Waals surface area (Å²) in [6.07, 6.45) is 1.67. The molecule has 0 atom stereocenters. The molecular weight excluding hydrogens is 356 g/mol. The number of ether oxygens (including phenoxy) is 2. The number of halogens is 2. The highest BCUT2D eigenvalue weighted by molar-refractivity contribution is 5.79. The van der Waals surface area contributed by atoms with Crippen LogP contribution in [0.2, 0.25) is 0 Å². The molecule has 3 rings (SSSR count). The van der Waals surface area contributed by atoms with Crippen molar-refractivity contribution in [3.63, 3.8) is 0 Å². The van der Waals surface area contributed by atoms with Gasteiger partial charge < -0.3 is 14.4 Å². The fourth-order valence-electron chi connectivity index (χ4n) is 2.83. The van der Waals surface area contributed by atoms with Gasteiger partial charge >= 0.3 is 5.97 Å². The Morgan fingerprint density at radius 3 is 2.59 bits per heavy atom. The molecule has 1 aromatic carbocycles. The topological polar surface area (TPSA) is 64.5 Å². The maximum atomic E-state index is 14.7. The molecule has 0 N–H and O–H groups in total. The Morgan fingerprint density at radius 1 is 1.22 bits per heavy atom. The minimum Gasteiger partial charge on any atom is -0.487 e. The lowest BCUT2D eigenvalue weighted by Gasteiger charge is -2.34. The number of aromatic nitrogens is 2. The lowest BCUT2D eigenvalue weighted by molar-refractivity contribution is -0.158. The second-order valence-electron chi connectivity index (χ2n) is 6.26. The fraction of sp³-hybridized carbons (Fsp3) is 0.421. The maximum absolute atomic E-state index is 14.7. The molecule has 0 bridgehead atoms. The Kier molecular flexibility index (Phi) is 5.83. The van der Waals surface area contributed by atoms with Gasteiger partial charge in [-0.1, -0.05) is 0 Å². The van der Waals surface area contributed by atoms with Crippen molar-refractivity contribution >= 4 is 11.9 Å².